The molecule has 0 spiro atoms. The van der Waals surface area contributed by atoms with Crippen molar-refractivity contribution in [1.29, 1.82) is 5.41 Å². The summed E-state index contributed by atoms with van der Waals surface area (Å²) in [5.41, 5.74) is 18.4. The van der Waals surface area contributed by atoms with E-state index in [-0.39, 0.29) is 5.71 Å². The zero-order valence-electron chi connectivity index (χ0n) is 18.7. The molecule has 3 aromatic rings. The molecule has 2 aromatic carbocycles. The second-order valence-electron chi connectivity index (χ2n) is 7.24. The first kappa shape index (κ1) is 23.3. The molecule has 0 bridgehead atoms. The Hall–Kier alpha value is -4.33. The van der Waals surface area contributed by atoms with Gasteiger partial charge in [-0.15, -0.1) is 0 Å². The van der Waals surface area contributed by atoms with Crippen molar-refractivity contribution in [3.63, 3.8) is 0 Å². The summed E-state index contributed by atoms with van der Waals surface area (Å²) in [4.78, 5) is 11.9. The lowest BCUT2D eigenvalue weighted by atomic mass is 9.91. The molecule has 7 nitrogen and oxygen atoms in total. The van der Waals surface area contributed by atoms with Crippen LogP contribution in [0.5, 0.6) is 0 Å². The van der Waals surface area contributed by atoms with Crippen molar-refractivity contribution in [3.8, 4) is 0 Å². The maximum Gasteiger partial charge on any atom is 0.212 e. The second-order valence-corrected chi connectivity index (χ2v) is 7.24. The molecule has 1 heterocycles. The van der Waals surface area contributed by atoms with E-state index in [4.69, 9.17) is 16.9 Å². The van der Waals surface area contributed by atoms with E-state index in [9.17, 15) is 4.39 Å². The van der Waals surface area contributed by atoms with Gasteiger partial charge in [-0.1, -0.05) is 24.3 Å². The highest BCUT2D eigenvalue weighted by Gasteiger charge is 2.19. The molecule has 6 N–H and O–H groups in total. The number of aromatic nitrogens is 1. The molecular formula is C25H26FN7. The lowest BCUT2D eigenvalue weighted by Gasteiger charge is -2.20. The van der Waals surface area contributed by atoms with Gasteiger partial charge in [-0.25, -0.2) is 4.98 Å². The summed E-state index contributed by atoms with van der Waals surface area (Å²) in [6, 6.07) is 12.0. The Morgan fingerprint density at radius 2 is 1.82 bits per heavy atom. The fourth-order valence-corrected chi connectivity index (χ4v) is 3.55. The summed E-state index contributed by atoms with van der Waals surface area (Å²) in [5.74, 6) is -0.574. The smallest absolute Gasteiger partial charge is 0.212 e. The average Bonchev–Trinajstić information content (AvgIpc) is 2.81. The summed E-state index contributed by atoms with van der Waals surface area (Å²) in [6.07, 6.45) is 6.20. The molecule has 0 amide bonds. The Labute approximate surface area is 192 Å². The molecular weight excluding hydrogens is 417 g/mol. The van der Waals surface area contributed by atoms with E-state index in [0.717, 1.165) is 16.7 Å². The number of hydrogen-bond donors (Lipinski definition) is 4. The van der Waals surface area contributed by atoms with Crippen LogP contribution in [-0.4, -0.2) is 37.2 Å². The molecule has 0 fully saturated rings. The standard InChI is InChI=1S/C25H26FN7/c1-15-18(16(11-27)12-30-2)8-9-20(25(15)33-17-7-10-23(26)32-13-17)24(29)19-5-4-6-22(28)21(19)14-31-3/h4-14,29,33H,27-28H2,1-3H3/b16-11+,29-24?,30-12?,31-14?. The van der Waals surface area contributed by atoms with Gasteiger partial charge in [-0.3, -0.25) is 15.4 Å². The number of benzene rings is 2. The molecule has 0 aliphatic carbocycles. The van der Waals surface area contributed by atoms with E-state index in [1.54, 1.807) is 44.7 Å². The Morgan fingerprint density at radius 1 is 1.06 bits per heavy atom. The quantitative estimate of drug-likeness (QED) is 0.246. The van der Waals surface area contributed by atoms with Gasteiger partial charge in [0.05, 0.1) is 23.3 Å². The number of nitrogen functional groups attached to an aromatic ring is 1. The molecule has 0 aliphatic heterocycles. The maximum absolute atomic E-state index is 13.4. The third kappa shape index (κ3) is 4.95. The van der Waals surface area contributed by atoms with Crippen molar-refractivity contribution in [2.75, 3.05) is 25.1 Å². The SMILES string of the molecule is CN=C/C(=C\N)c1ccc(C(=N)c2cccc(N)c2C=NC)c(Nc2ccc(F)nc2)c1C. The monoisotopic (exact) mass is 443 g/mol. The number of anilines is 3. The highest BCUT2D eigenvalue weighted by Crippen LogP contribution is 2.33. The first-order valence-corrected chi connectivity index (χ1v) is 10.2. The number of halogens is 1. The molecule has 0 aliphatic rings. The van der Waals surface area contributed by atoms with Gasteiger partial charge >= 0.3 is 0 Å². The van der Waals surface area contributed by atoms with Gasteiger partial charge in [0.15, 0.2) is 0 Å². The lowest BCUT2D eigenvalue weighted by Crippen LogP contribution is -2.12. The predicted molar refractivity (Wildman–Crippen MR) is 136 cm³/mol. The Balaban J connectivity index is 2.23. The molecule has 0 saturated carbocycles. The predicted octanol–water partition coefficient (Wildman–Crippen LogP) is 4.32. The van der Waals surface area contributed by atoms with E-state index >= 15 is 0 Å². The number of hydrogen-bond acceptors (Lipinski definition) is 7. The third-order valence-corrected chi connectivity index (χ3v) is 5.16. The molecule has 0 unspecified atom stereocenters. The van der Waals surface area contributed by atoms with Gasteiger partial charge in [-0.05, 0) is 36.2 Å². The minimum Gasteiger partial charge on any atom is -0.404 e. The molecule has 3 rings (SSSR count). The molecule has 1 aromatic heterocycles. The largest absolute Gasteiger partial charge is 0.404 e. The Kier molecular flexibility index (Phi) is 7.30. The summed E-state index contributed by atoms with van der Waals surface area (Å²) >= 11 is 0. The van der Waals surface area contributed by atoms with Crippen LogP contribution >= 0.6 is 0 Å². The van der Waals surface area contributed by atoms with Gasteiger partial charge in [0.25, 0.3) is 0 Å². The van der Waals surface area contributed by atoms with Gasteiger partial charge in [0.2, 0.25) is 5.95 Å². The minimum absolute atomic E-state index is 0.256. The van der Waals surface area contributed by atoms with Gasteiger partial charge in [0.1, 0.15) is 0 Å². The molecule has 0 radical (unpaired) electrons. The summed E-state index contributed by atoms with van der Waals surface area (Å²) in [5, 5.41) is 12.3. The number of nitrogens with two attached hydrogens (primary N) is 2. The van der Waals surface area contributed by atoms with Crippen LogP contribution in [0.25, 0.3) is 5.57 Å². The summed E-state index contributed by atoms with van der Waals surface area (Å²) in [7, 11) is 3.33. The molecule has 8 heteroatoms. The van der Waals surface area contributed by atoms with Crippen molar-refractivity contribution in [1.82, 2.24) is 4.98 Å². The van der Waals surface area contributed by atoms with Crippen molar-refractivity contribution < 1.29 is 4.39 Å². The fraction of sp³-hybridized carbons (Fsp3) is 0.120. The first-order valence-electron chi connectivity index (χ1n) is 10.2. The molecule has 0 atom stereocenters. The van der Waals surface area contributed by atoms with Crippen LogP contribution in [0.15, 0.2) is 64.8 Å². The van der Waals surface area contributed by atoms with E-state index in [2.05, 4.69) is 20.3 Å². The zero-order chi connectivity index (χ0) is 24.0. The highest BCUT2D eigenvalue weighted by molar-refractivity contribution is 6.19. The first-order chi connectivity index (χ1) is 15.9. The van der Waals surface area contributed by atoms with Gasteiger partial charge in [-0.2, -0.15) is 4.39 Å². The van der Waals surface area contributed by atoms with Crippen LogP contribution in [0.1, 0.15) is 27.8 Å². The van der Waals surface area contributed by atoms with Crippen LogP contribution in [-0.2, 0) is 0 Å². The average molecular weight is 444 g/mol. The van der Waals surface area contributed by atoms with Gasteiger partial charge < -0.3 is 16.8 Å². The molecule has 33 heavy (non-hydrogen) atoms. The van der Waals surface area contributed by atoms with E-state index in [0.29, 0.717) is 33.8 Å². The Bertz CT molecular complexity index is 1260. The van der Waals surface area contributed by atoms with E-state index < -0.39 is 5.95 Å². The van der Waals surface area contributed by atoms with Crippen molar-refractivity contribution in [2.45, 2.75) is 6.92 Å². The normalized spacial score (nSPS) is 11.9. The minimum atomic E-state index is -0.574. The molecule has 168 valence electrons. The number of aliphatic imine (C=N–C) groups is 2. The summed E-state index contributed by atoms with van der Waals surface area (Å²) in [6.45, 7) is 1.92. The van der Waals surface area contributed by atoms with Crippen LogP contribution in [0.2, 0.25) is 0 Å². The third-order valence-electron chi connectivity index (χ3n) is 5.16. The van der Waals surface area contributed by atoms with Crippen molar-refractivity contribution >= 4 is 40.8 Å². The number of nitrogens with zero attached hydrogens (tertiary/aromatic N) is 3. The second kappa shape index (κ2) is 10.3. The lowest BCUT2D eigenvalue weighted by molar-refractivity contribution is 0.584. The summed E-state index contributed by atoms with van der Waals surface area (Å²) < 4.78 is 13.4. The van der Waals surface area contributed by atoms with Gasteiger partial charge in [0, 0.05) is 60.7 Å². The van der Waals surface area contributed by atoms with Crippen LogP contribution in [0.4, 0.5) is 21.5 Å². The number of allylic oxidation sites excluding steroid dienone is 1. The zero-order valence-corrected chi connectivity index (χ0v) is 18.7. The van der Waals surface area contributed by atoms with E-state index in [1.165, 1.54) is 18.5 Å². The topological polar surface area (TPSA) is 126 Å². The van der Waals surface area contributed by atoms with Crippen LogP contribution in [0, 0.1) is 18.3 Å². The number of rotatable bonds is 7. The molecule has 0 saturated heterocycles. The van der Waals surface area contributed by atoms with Crippen LogP contribution in [0.3, 0.4) is 0 Å². The Morgan fingerprint density at radius 3 is 2.45 bits per heavy atom. The fourth-order valence-electron chi connectivity index (χ4n) is 3.55. The number of nitrogens with one attached hydrogen (secondary N) is 2. The van der Waals surface area contributed by atoms with Crippen LogP contribution < -0.4 is 16.8 Å². The van der Waals surface area contributed by atoms with Crippen molar-refractivity contribution in [2.24, 2.45) is 15.7 Å². The van der Waals surface area contributed by atoms with Crippen molar-refractivity contribution in [3.05, 3.63) is 88.6 Å². The maximum atomic E-state index is 13.4. The van der Waals surface area contributed by atoms with E-state index in [1.807, 2.05) is 25.1 Å². The highest BCUT2D eigenvalue weighted by atomic mass is 19.1. The number of pyridine rings is 1.